The number of unbranched alkanes of at least 4 members (excludes halogenated alkanes) is 3. The van der Waals surface area contributed by atoms with Crippen LogP contribution in [0, 0.1) is 5.82 Å². The van der Waals surface area contributed by atoms with E-state index in [9.17, 15) is 9.18 Å². The molecule has 2 rings (SSSR count). The van der Waals surface area contributed by atoms with Crippen molar-refractivity contribution < 1.29 is 9.18 Å². The smallest absolute Gasteiger partial charge is 0.156 e. The molecule has 0 heterocycles. The van der Waals surface area contributed by atoms with Gasteiger partial charge in [-0.15, -0.1) is 0 Å². The molecule has 1 aromatic carbocycles. The van der Waals surface area contributed by atoms with Gasteiger partial charge < -0.3 is 0 Å². The van der Waals surface area contributed by atoms with Crippen molar-refractivity contribution in [2.45, 2.75) is 51.4 Å². The Bertz CT molecular complexity index is 525. The second-order valence-electron chi connectivity index (χ2n) is 5.74. The van der Waals surface area contributed by atoms with Gasteiger partial charge >= 0.3 is 0 Å². The first-order valence-electron chi connectivity index (χ1n) is 7.84. The lowest BCUT2D eigenvalue weighted by Crippen LogP contribution is -2.12. The monoisotopic (exact) mass is 286 g/mol. The molecular formula is C19H23FO. The molecule has 0 N–H and O–H groups in total. The van der Waals surface area contributed by atoms with Crippen molar-refractivity contribution in [1.82, 2.24) is 0 Å². The average Bonchev–Trinajstić information content (AvgIpc) is 2.47. The number of halogens is 1. The summed E-state index contributed by atoms with van der Waals surface area (Å²) in [5.74, 6) is 0.120. The van der Waals surface area contributed by atoms with E-state index in [0.29, 0.717) is 6.42 Å². The fourth-order valence-electron chi connectivity index (χ4n) is 2.76. The van der Waals surface area contributed by atoms with E-state index < -0.39 is 0 Å². The molecule has 21 heavy (non-hydrogen) atoms. The third kappa shape index (κ3) is 4.96. The van der Waals surface area contributed by atoms with Crippen LogP contribution < -0.4 is 0 Å². The van der Waals surface area contributed by atoms with Gasteiger partial charge in [0.2, 0.25) is 0 Å². The van der Waals surface area contributed by atoms with Gasteiger partial charge in [-0.1, -0.05) is 44.1 Å². The van der Waals surface area contributed by atoms with Crippen LogP contribution in [0.5, 0.6) is 0 Å². The maximum Gasteiger partial charge on any atom is 0.156 e. The second-order valence-corrected chi connectivity index (χ2v) is 5.74. The minimum Gasteiger partial charge on any atom is -0.295 e. The lowest BCUT2D eigenvalue weighted by Gasteiger charge is -2.21. The first-order chi connectivity index (χ1) is 10.2. The zero-order valence-electron chi connectivity index (χ0n) is 12.6. The largest absolute Gasteiger partial charge is 0.295 e. The van der Waals surface area contributed by atoms with Crippen LogP contribution in [-0.4, -0.2) is 5.78 Å². The summed E-state index contributed by atoms with van der Waals surface area (Å²) >= 11 is 0. The topological polar surface area (TPSA) is 17.1 Å². The Kier molecular flexibility index (Phi) is 5.91. The zero-order valence-corrected chi connectivity index (χ0v) is 12.6. The molecule has 0 aliphatic heterocycles. The fraction of sp³-hybridized carbons (Fsp3) is 0.421. The third-order valence-electron chi connectivity index (χ3n) is 3.92. The predicted molar refractivity (Wildman–Crippen MR) is 84.7 cm³/mol. The second kappa shape index (κ2) is 7.92. The Morgan fingerprint density at radius 2 is 1.95 bits per heavy atom. The van der Waals surface area contributed by atoms with Crippen LogP contribution in [0.2, 0.25) is 0 Å². The van der Waals surface area contributed by atoms with Gasteiger partial charge in [0.1, 0.15) is 5.82 Å². The van der Waals surface area contributed by atoms with Gasteiger partial charge in [0.15, 0.2) is 5.78 Å². The van der Waals surface area contributed by atoms with Crippen molar-refractivity contribution >= 4 is 5.78 Å². The number of hydrogen-bond acceptors (Lipinski definition) is 1. The number of hydrogen-bond donors (Lipinski definition) is 0. The Balaban J connectivity index is 1.97. The average molecular weight is 286 g/mol. The lowest BCUT2D eigenvalue weighted by atomic mass is 9.83. The standard InChI is InChI=1S/C19H23FO/c1-2-3-4-5-6-7-15-12-17(14-19(21)13-15)16-8-10-18(20)11-9-16/h6-11,13,17H,2-5,12,14H2,1H3/b7-6+/t17-/m1/s1. The molecule has 1 aliphatic carbocycles. The number of carbonyl (C=O) groups excluding carboxylic acids is 1. The number of rotatable bonds is 6. The van der Waals surface area contributed by atoms with Crippen molar-refractivity contribution in [3.8, 4) is 0 Å². The van der Waals surface area contributed by atoms with Gasteiger partial charge in [-0.25, -0.2) is 4.39 Å². The minimum atomic E-state index is -0.229. The molecular weight excluding hydrogens is 263 g/mol. The molecule has 2 heteroatoms. The molecule has 0 saturated heterocycles. The first kappa shape index (κ1) is 15.7. The molecule has 0 saturated carbocycles. The highest BCUT2D eigenvalue weighted by molar-refractivity contribution is 5.92. The van der Waals surface area contributed by atoms with E-state index in [1.54, 1.807) is 18.2 Å². The van der Waals surface area contributed by atoms with Crippen LogP contribution in [-0.2, 0) is 4.79 Å². The molecule has 1 aromatic rings. The van der Waals surface area contributed by atoms with Crippen molar-refractivity contribution in [3.63, 3.8) is 0 Å². The summed E-state index contributed by atoms with van der Waals surface area (Å²) in [5, 5.41) is 0. The highest BCUT2D eigenvalue weighted by atomic mass is 19.1. The van der Waals surface area contributed by atoms with Crippen LogP contribution in [0.4, 0.5) is 4.39 Å². The highest BCUT2D eigenvalue weighted by Gasteiger charge is 2.21. The summed E-state index contributed by atoms with van der Waals surface area (Å²) in [4.78, 5) is 11.9. The molecule has 0 spiro atoms. The number of allylic oxidation sites excluding steroid dienone is 4. The zero-order chi connectivity index (χ0) is 15.1. The minimum absolute atomic E-state index is 0.170. The van der Waals surface area contributed by atoms with Crippen LogP contribution >= 0.6 is 0 Å². The molecule has 0 amide bonds. The van der Waals surface area contributed by atoms with E-state index >= 15 is 0 Å². The Hall–Kier alpha value is -1.70. The molecule has 1 nitrogen and oxygen atoms in total. The third-order valence-corrected chi connectivity index (χ3v) is 3.92. The Morgan fingerprint density at radius 3 is 2.67 bits per heavy atom. The van der Waals surface area contributed by atoms with Gasteiger partial charge in [0, 0.05) is 6.42 Å². The summed E-state index contributed by atoms with van der Waals surface area (Å²) < 4.78 is 13.0. The van der Waals surface area contributed by atoms with E-state index in [-0.39, 0.29) is 17.5 Å². The van der Waals surface area contributed by atoms with E-state index in [4.69, 9.17) is 0 Å². The summed E-state index contributed by atoms with van der Waals surface area (Å²) in [6.07, 6.45) is 12.2. The molecule has 0 unspecified atom stereocenters. The van der Waals surface area contributed by atoms with E-state index in [1.165, 1.54) is 31.4 Å². The van der Waals surface area contributed by atoms with Crippen molar-refractivity contribution in [2.75, 3.05) is 0 Å². The Morgan fingerprint density at radius 1 is 1.19 bits per heavy atom. The first-order valence-corrected chi connectivity index (χ1v) is 7.84. The summed E-state index contributed by atoms with van der Waals surface area (Å²) in [6.45, 7) is 2.19. The summed E-state index contributed by atoms with van der Waals surface area (Å²) in [7, 11) is 0. The molecule has 0 radical (unpaired) electrons. The van der Waals surface area contributed by atoms with E-state index in [2.05, 4.69) is 19.1 Å². The van der Waals surface area contributed by atoms with Gasteiger partial charge in [-0.3, -0.25) is 4.79 Å². The molecule has 1 aliphatic rings. The van der Waals surface area contributed by atoms with Gasteiger partial charge in [0.05, 0.1) is 0 Å². The number of carbonyl (C=O) groups is 1. The fourth-order valence-corrected chi connectivity index (χ4v) is 2.76. The normalized spacial score (nSPS) is 19.0. The van der Waals surface area contributed by atoms with Crippen molar-refractivity contribution in [2.24, 2.45) is 0 Å². The van der Waals surface area contributed by atoms with Crippen molar-refractivity contribution in [1.29, 1.82) is 0 Å². The van der Waals surface area contributed by atoms with Gasteiger partial charge in [-0.2, -0.15) is 0 Å². The Labute approximate surface area is 126 Å². The summed E-state index contributed by atoms with van der Waals surface area (Å²) in [6, 6.07) is 6.53. The highest BCUT2D eigenvalue weighted by Crippen LogP contribution is 2.32. The van der Waals surface area contributed by atoms with Crippen molar-refractivity contribution in [3.05, 3.63) is 59.4 Å². The maximum atomic E-state index is 13.0. The summed E-state index contributed by atoms with van der Waals surface area (Å²) in [5.41, 5.74) is 2.15. The SMILES string of the molecule is CCCCC/C=C/C1=CC(=O)C[C@H](c2ccc(F)cc2)C1. The van der Waals surface area contributed by atoms with Crippen LogP contribution in [0.25, 0.3) is 0 Å². The number of benzene rings is 1. The van der Waals surface area contributed by atoms with Crippen LogP contribution in [0.1, 0.15) is 56.9 Å². The number of ketones is 1. The lowest BCUT2D eigenvalue weighted by molar-refractivity contribution is -0.115. The molecule has 0 aromatic heterocycles. The van der Waals surface area contributed by atoms with Crippen LogP contribution in [0.3, 0.4) is 0 Å². The predicted octanol–water partition coefficient (Wildman–Crippen LogP) is 5.34. The van der Waals surface area contributed by atoms with Gasteiger partial charge in [-0.05, 0) is 54.5 Å². The van der Waals surface area contributed by atoms with Gasteiger partial charge in [0.25, 0.3) is 0 Å². The maximum absolute atomic E-state index is 13.0. The van der Waals surface area contributed by atoms with E-state index in [0.717, 1.165) is 24.0 Å². The van der Waals surface area contributed by atoms with Crippen LogP contribution in [0.15, 0.2) is 48.1 Å². The quantitative estimate of drug-likeness (QED) is 0.645. The molecule has 1 atom stereocenters. The molecule has 0 fully saturated rings. The molecule has 112 valence electrons. The molecule has 0 bridgehead atoms. The van der Waals surface area contributed by atoms with E-state index in [1.807, 2.05) is 0 Å².